The molecule has 0 heterocycles. The first-order chi connectivity index (χ1) is 9.61. The maximum Gasteiger partial charge on any atom is 0.326 e. The number of nitrogen functional groups attached to an aromatic ring is 1. The first kappa shape index (κ1) is 13.7. The van der Waals surface area contributed by atoms with Crippen LogP contribution in [0.3, 0.4) is 0 Å². The van der Waals surface area contributed by atoms with E-state index in [1.54, 1.807) is 50.6 Å². The highest BCUT2D eigenvalue weighted by molar-refractivity contribution is 6.02. The summed E-state index contributed by atoms with van der Waals surface area (Å²) in [6, 6.07) is 14.1. The van der Waals surface area contributed by atoms with Crippen molar-refractivity contribution >= 4 is 23.1 Å². The summed E-state index contributed by atoms with van der Waals surface area (Å²) >= 11 is 0. The van der Waals surface area contributed by atoms with Crippen LogP contribution >= 0.6 is 0 Å². The molecule has 3 N–H and O–H groups in total. The van der Waals surface area contributed by atoms with Gasteiger partial charge >= 0.3 is 6.03 Å². The van der Waals surface area contributed by atoms with Gasteiger partial charge in [-0.15, -0.1) is 0 Å². The zero-order chi connectivity index (χ0) is 14.5. The highest BCUT2D eigenvalue weighted by Gasteiger charge is 2.12. The number of urea groups is 1. The second-order valence-corrected chi connectivity index (χ2v) is 4.28. The van der Waals surface area contributed by atoms with Crippen molar-refractivity contribution < 1.29 is 9.53 Å². The van der Waals surface area contributed by atoms with Gasteiger partial charge < -0.3 is 15.8 Å². The van der Waals surface area contributed by atoms with Crippen molar-refractivity contribution in [1.29, 1.82) is 0 Å². The third-order valence-corrected chi connectivity index (χ3v) is 2.93. The lowest BCUT2D eigenvalue weighted by molar-refractivity contribution is 0.258. The number of rotatable bonds is 3. The molecule has 2 amide bonds. The maximum atomic E-state index is 12.2. The average Bonchev–Trinajstić information content (AvgIpc) is 2.48. The second-order valence-electron chi connectivity index (χ2n) is 4.28. The highest BCUT2D eigenvalue weighted by Crippen LogP contribution is 2.24. The predicted octanol–water partition coefficient (Wildman–Crippen LogP) is 2.95. The molecule has 2 aromatic rings. The van der Waals surface area contributed by atoms with Crippen LogP contribution in [0.4, 0.5) is 21.9 Å². The monoisotopic (exact) mass is 271 g/mol. The number of nitrogens with two attached hydrogens (primary N) is 1. The van der Waals surface area contributed by atoms with E-state index in [0.29, 0.717) is 17.1 Å². The summed E-state index contributed by atoms with van der Waals surface area (Å²) < 4.78 is 5.20. The summed E-state index contributed by atoms with van der Waals surface area (Å²) in [5.41, 5.74) is 7.67. The van der Waals surface area contributed by atoms with Crippen LogP contribution in [-0.4, -0.2) is 20.2 Å². The minimum atomic E-state index is -0.251. The number of hydrogen-bond donors (Lipinski definition) is 2. The molecule has 2 rings (SSSR count). The summed E-state index contributed by atoms with van der Waals surface area (Å²) in [7, 11) is 3.25. The van der Waals surface area contributed by atoms with Crippen molar-refractivity contribution in [2.45, 2.75) is 0 Å². The van der Waals surface area contributed by atoms with E-state index in [4.69, 9.17) is 10.5 Å². The van der Waals surface area contributed by atoms with Crippen molar-refractivity contribution in [3.05, 3.63) is 48.5 Å². The van der Waals surface area contributed by atoms with E-state index < -0.39 is 0 Å². The topological polar surface area (TPSA) is 67.6 Å². The van der Waals surface area contributed by atoms with Gasteiger partial charge in [-0.25, -0.2) is 4.79 Å². The predicted molar refractivity (Wildman–Crippen MR) is 81.3 cm³/mol. The average molecular weight is 271 g/mol. The van der Waals surface area contributed by atoms with Gasteiger partial charge in [0.2, 0.25) is 0 Å². The Morgan fingerprint density at radius 1 is 1.15 bits per heavy atom. The van der Waals surface area contributed by atoms with Gasteiger partial charge in [-0.3, -0.25) is 4.90 Å². The first-order valence-electron chi connectivity index (χ1n) is 6.15. The Hall–Kier alpha value is -2.69. The molecule has 0 bridgehead atoms. The molecular weight excluding hydrogens is 254 g/mol. The van der Waals surface area contributed by atoms with Gasteiger partial charge in [0.25, 0.3) is 0 Å². The molecule has 20 heavy (non-hydrogen) atoms. The molecule has 0 fully saturated rings. The lowest BCUT2D eigenvalue weighted by atomic mass is 10.2. The summed E-state index contributed by atoms with van der Waals surface area (Å²) in [4.78, 5) is 13.7. The van der Waals surface area contributed by atoms with Gasteiger partial charge in [-0.1, -0.05) is 12.1 Å². The van der Waals surface area contributed by atoms with Crippen LogP contribution in [0.25, 0.3) is 0 Å². The largest absolute Gasteiger partial charge is 0.495 e. The van der Waals surface area contributed by atoms with E-state index in [2.05, 4.69) is 5.32 Å². The number of carbonyl (C=O) groups is 1. The Balaban J connectivity index is 2.13. The van der Waals surface area contributed by atoms with Gasteiger partial charge in [-0.2, -0.15) is 0 Å². The number of amides is 2. The minimum absolute atomic E-state index is 0.251. The molecule has 2 aromatic carbocycles. The maximum absolute atomic E-state index is 12.2. The van der Waals surface area contributed by atoms with Crippen LogP contribution in [0.15, 0.2) is 48.5 Å². The van der Waals surface area contributed by atoms with Crippen LogP contribution in [0, 0.1) is 0 Å². The summed E-state index contributed by atoms with van der Waals surface area (Å²) in [5.74, 6) is 0.617. The van der Waals surface area contributed by atoms with Crippen LogP contribution in [0.2, 0.25) is 0 Å². The Labute approximate surface area is 118 Å². The van der Waals surface area contributed by atoms with E-state index in [1.165, 1.54) is 4.90 Å². The van der Waals surface area contributed by atoms with Gasteiger partial charge in [0.05, 0.1) is 12.8 Å². The zero-order valence-electron chi connectivity index (χ0n) is 11.5. The van der Waals surface area contributed by atoms with E-state index in [9.17, 15) is 4.79 Å². The number of benzene rings is 2. The minimum Gasteiger partial charge on any atom is -0.495 e. The highest BCUT2D eigenvalue weighted by atomic mass is 16.5. The fourth-order valence-electron chi connectivity index (χ4n) is 1.76. The van der Waals surface area contributed by atoms with Crippen molar-refractivity contribution in [1.82, 2.24) is 0 Å². The molecule has 0 aromatic heterocycles. The third kappa shape index (κ3) is 3.00. The zero-order valence-corrected chi connectivity index (χ0v) is 11.5. The Morgan fingerprint density at radius 3 is 2.45 bits per heavy atom. The molecule has 5 heteroatoms. The smallest absolute Gasteiger partial charge is 0.326 e. The summed E-state index contributed by atoms with van der Waals surface area (Å²) in [6.45, 7) is 0. The number of ether oxygens (including phenoxy) is 1. The van der Waals surface area contributed by atoms with Gasteiger partial charge in [-0.05, 0) is 36.4 Å². The molecule has 0 aliphatic rings. The molecule has 104 valence electrons. The van der Waals surface area contributed by atoms with E-state index in [1.807, 2.05) is 12.1 Å². The van der Waals surface area contributed by atoms with Crippen molar-refractivity contribution in [3.63, 3.8) is 0 Å². The molecule has 0 unspecified atom stereocenters. The number of methoxy groups -OCH3 is 1. The SMILES string of the molecule is COc1ccccc1NC(=O)N(C)c1ccc(N)cc1. The molecule has 0 saturated carbocycles. The number of hydrogen-bond acceptors (Lipinski definition) is 3. The molecular formula is C15H17N3O2. The number of nitrogens with one attached hydrogen (secondary N) is 1. The van der Waals surface area contributed by atoms with E-state index >= 15 is 0 Å². The third-order valence-electron chi connectivity index (χ3n) is 2.93. The van der Waals surface area contributed by atoms with Gasteiger partial charge in [0.15, 0.2) is 0 Å². The normalized spacial score (nSPS) is 9.90. The molecule has 0 spiro atoms. The fraction of sp³-hybridized carbons (Fsp3) is 0.133. The van der Waals surface area contributed by atoms with Crippen molar-refractivity contribution in [2.24, 2.45) is 0 Å². The summed E-state index contributed by atoms with van der Waals surface area (Å²) in [6.07, 6.45) is 0. The number of anilines is 3. The number of nitrogens with zero attached hydrogens (tertiary/aromatic N) is 1. The molecule has 0 saturated heterocycles. The molecule has 5 nitrogen and oxygen atoms in total. The van der Waals surface area contributed by atoms with Crippen LogP contribution in [0.1, 0.15) is 0 Å². The lowest BCUT2D eigenvalue weighted by Gasteiger charge is -2.19. The first-order valence-corrected chi connectivity index (χ1v) is 6.15. The van der Waals surface area contributed by atoms with Crippen LogP contribution in [-0.2, 0) is 0 Å². The Morgan fingerprint density at radius 2 is 1.80 bits per heavy atom. The number of para-hydroxylation sites is 2. The van der Waals surface area contributed by atoms with Crippen LogP contribution in [0.5, 0.6) is 5.75 Å². The van der Waals surface area contributed by atoms with Crippen molar-refractivity contribution in [3.8, 4) is 5.75 Å². The second kappa shape index (κ2) is 5.97. The van der Waals surface area contributed by atoms with Crippen molar-refractivity contribution in [2.75, 3.05) is 30.1 Å². The number of carbonyl (C=O) groups excluding carboxylic acids is 1. The Kier molecular flexibility index (Phi) is 4.10. The molecule has 0 radical (unpaired) electrons. The Bertz CT molecular complexity index is 596. The lowest BCUT2D eigenvalue weighted by Crippen LogP contribution is -2.31. The summed E-state index contributed by atoms with van der Waals surface area (Å²) in [5, 5.41) is 2.81. The van der Waals surface area contributed by atoms with Gasteiger partial charge in [0.1, 0.15) is 5.75 Å². The van der Waals surface area contributed by atoms with Gasteiger partial charge in [0, 0.05) is 18.4 Å². The quantitative estimate of drug-likeness (QED) is 0.843. The fourth-order valence-corrected chi connectivity index (χ4v) is 1.76. The standard InChI is InChI=1S/C15H17N3O2/c1-18(12-9-7-11(16)8-10-12)15(19)17-13-5-3-4-6-14(13)20-2/h3-10H,16H2,1-2H3,(H,17,19). The molecule has 0 atom stereocenters. The molecule has 0 aliphatic carbocycles. The molecule has 0 aliphatic heterocycles. The van der Waals surface area contributed by atoms with Crippen LogP contribution < -0.4 is 20.7 Å². The van der Waals surface area contributed by atoms with E-state index in [-0.39, 0.29) is 6.03 Å². The van der Waals surface area contributed by atoms with E-state index in [0.717, 1.165) is 5.69 Å².